The molecule has 0 radical (unpaired) electrons. The van der Waals surface area contributed by atoms with Crippen molar-refractivity contribution in [1.29, 1.82) is 0 Å². The molecule has 1 aliphatic rings. The molecule has 2 amide bonds. The first-order chi connectivity index (χ1) is 29.1. The monoisotopic (exact) mass is 884 g/mol. The Morgan fingerprint density at radius 3 is 2.35 bits per heavy atom. The van der Waals surface area contributed by atoms with Crippen molar-refractivity contribution in [2.75, 3.05) is 40.9 Å². The molecule has 0 aliphatic carbocycles. The number of amides is 2. The van der Waals surface area contributed by atoms with E-state index in [9.17, 15) is 23.2 Å². The molecule has 0 spiro atoms. The highest BCUT2D eigenvalue weighted by Crippen LogP contribution is 2.43. The van der Waals surface area contributed by atoms with Gasteiger partial charge in [0.05, 0.1) is 36.7 Å². The number of hydrazine groups is 1. The highest BCUT2D eigenvalue weighted by atomic mass is 31.0. The van der Waals surface area contributed by atoms with Gasteiger partial charge in [-0.2, -0.15) is 0 Å². The lowest BCUT2D eigenvalue weighted by molar-refractivity contribution is -0.144. The molecule has 2 N–H and O–H groups in total. The molecule has 4 aromatic rings. The Morgan fingerprint density at radius 2 is 1.76 bits per heavy atom. The van der Waals surface area contributed by atoms with Crippen molar-refractivity contribution in [2.45, 2.75) is 104 Å². The Balaban J connectivity index is 1.72. The van der Waals surface area contributed by atoms with Gasteiger partial charge in [0, 0.05) is 67.2 Å². The summed E-state index contributed by atoms with van der Waals surface area (Å²) in [5.41, 5.74) is 2.96. The van der Waals surface area contributed by atoms with Gasteiger partial charge in [0.25, 0.3) is 18.0 Å². The lowest BCUT2D eigenvalue weighted by Gasteiger charge is -2.33. The molecule has 5 rings (SSSR count). The zero-order chi connectivity index (χ0) is 45.7. The van der Waals surface area contributed by atoms with Gasteiger partial charge < -0.3 is 19.4 Å². The van der Waals surface area contributed by atoms with Crippen LogP contribution in [-0.4, -0.2) is 95.9 Å². The number of ether oxygens (including phenoxy) is 2. The van der Waals surface area contributed by atoms with E-state index in [2.05, 4.69) is 15.7 Å². The van der Waals surface area contributed by atoms with Crippen molar-refractivity contribution in [3.8, 4) is 22.4 Å². The number of methoxy groups -OCH3 is 1. The van der Waals surface area contributed by atoms with Crippen molar-refractivity contribution in [2.24, 2.45) is 11.3 Å². The number of pyridine rings is 1. The highest BCUT2D eigenvalue weighted by molar-refractivity contribution is 7.18. The summed E-state index contributed by atoms with van der Waals surface area (Å²) in [5.74, 6) is -1.27. The fourth-order valence-corrected chi connectivity index (χ4v) is 8.55. The number of nitrogens with zero attached hydrogens (tertiary/aromatic N) is 4. The van der Waals surface area contributed by atoms with Crippen LogP contribution in [0.5, 0.6) is 0 Å². The Hall–Kier alpha value is -4.43. The van der Waals surface area contributed by atoms with E-state index in [0.717, 1.165) is 12.8 Å². The van der Waals surface area contributed by atoms with E-state index in [1.54, 1.807) is 63.3 Å². The van der Waals surface area contributed by atoms with Crippen molar-refractivity contribution < 1.29 is 41.4 Å². The number of carbonyl (C=O) groups is 3. The minimum absolute atomic E-state index is 0.0396. The minimum Gasteiger partial charge on any atom is -0.465 e. The maximum absolute atomic E-state index is 15.2. The van der Waals surface area contributed by atoms with Crippen LogP contribution < -0.4 is 10.7 Å². The van der Waals surface area contributed by atoms with Crippen LogP contribution in [0.1, 0.15) is 89.3 Å². The first-order valence-electron chi connectivity index (χ1n) is 21.0. The van der Waals surface area contributed by atoms with Crippen molar-refractivity contribution in [3.05, 3.63) is 77.1 Å². The number of hydrogen-bond donors (Lipinski definition) is 2. The Bertz CT molecular complexity index is 2210. The number of carbonyl (C=O) groups excluding carboxylic acids is 3. The van der Waals surface area contributed by atoms with Gasteiger partial charge in [-0.05, 0) is 98.8 Å². The summed E-state index contributed by atoms with van der Waals surface area (Å²) in [6.45, 7) is 11.1. The summed E-state index contributed by atoms with van der Waals surface area (Å²) in [6, 6.07) is 11.6. The number of esters is 1. The largest absolute Gasteiger partial charge is 0.465 e. The van der Waals surface area contributed by atoms with Gasteiger partial charge in [0.2, 0.25) is 5.91 Å². The summed E-state index contributed by atoms with van der Waals surface area (Å²) in [7, 11) is 6.73. The second-order valence-electron chi connectivity index (χ2n) is 17.6. The Morgan fingerprint density at radius 1 is 1.03 bits per heavy atom. The molecule has 4 atom stereocenters. The standard InChI is InChI=1S/C46H61F4N6O5P/c1-27(2)40(54(7)8)43(58)53-37(44(59)56-18-11-10-17-52-56)21-30-19-32(22-33(20-30)42(47)48)31-14-15-38-35(23-31)36(24-45(5,6)26-61-29(4)57)41(55(38)25-46(49,50)62)34-13-12-16-51-39(34)28(3)60-9/h12-16,19-20,22-23,27-28,37,40,42,52H,10-11,17-18,21,24-26,62H2,1-9H3,(H,53,58). The van der Waals surface area contributed by atoms with E-state index in [1.165, 1.54) is 31.2 Å². The maximum Gasteiger partial charge on any atom is 0.302 e. The maximum atomic E-state index is 15.2. The molecule has 1 saturated heterocycles. The topological polar surface area (TPSA) is 118 Å². The smallest absolute Gasteiger partial charge is 0.302 e. The molecular formula is C46H61F4N6O5P. The Labute approximate surface area is 364 Å². The zero-order valence-electron chi connectivity index (χ0n) is 37.2. The number of halogens is 4. The number of nitrogens with one attached hydrogen (secondary N) is 2. The number of rotatable bonds is 18. The first-order valence-corrected chi connectivity index (χ1v) is 21.6. The Kier molecular flexibility index (Phi) is 16.0. The number of likely N-dealkylation sites (N-methyl/N-ethyl adjacent to an activating group) is 1. The summed E-state index contributed by atoms with van der Waals surface area (Å²) in [6.07, 6.45) is 0.0801. The average molecular weight is 885 g/mol. The van der Waals surface area contributed by atoms with Crippen LogP contribution in [0.2, 0.25) is 0 Å². The van der Waals surface area contributed by atoms with E-state index in [1.807, 2.05) is 46.8 Å². The zero-order valence-corrected chi connectivity index (χ0v) is 38.3. The van der Waals surface area contributed by atoms with Crippen LogP contribution in [-0.2, 0) is 43.2 Å². The van der Waals surface area contributed by atoms with Crippen LogP contribution in [0.15, 0.2) is 54.7 Å². The van der Waals surface area contributed by atoms with Crippen molar-refractivity contribution in [1.82, 2.24) is 30.2 Å². The second-order valence-corrected chi connectivity index (χ2v) is 18.5. The summed E-state index contributed by atoms with van der Waals surface area (Å²) < 4.78 is 72.7. The van der Waals surface area contributed by atoms with Gasteiger partial charge in [-0.25, -0.2) is 23.0 Å². The fourth-order valence-electron chi connectivity index (χ4n) is 8.36. The fraction of sp³-hybridized carbons (Fsp3) is 0.522. The van der Waals surface area contributed by atoms with Crippen LogP contribution in [0, 0.1) is 11.3 Å². The van der Waals surface area contributed by atoms with Gasteiger partial charge >= 0.3 is 5.97 Å². The normalized spacial score (nSPS) is 15.3. The van der Waals surface area contributed by atoms with Gasteiger partial charge in [0.15, 0.2) is 0 Å². The summed E-state index contributed by atoms with van der Waals surface area (Å²) in [5, 5.41) is 5.03. The molecule has 0 saturated carbocycles. The van der Waals surface area contributed by atoms with Crippen LogP contribution >= 0.6 is 9.24 Å². The predicted molar refractivity (Wildman–Crippen MR) is 237 cm³/mol. The second kappa shape index (κ2) is 20.4. The summed E-state index contributed by atoms with van der Waals surface area (Å²) in [4.78, 5) is 46.2. The van der Waals surface area contributed by atoms with Crippen molar-refractivity contribution >= 4 is 37.9 Å². The average Bonchev–Trinajstić information content (AvgIpc) is 3.48. The van der Waals surface area contributed by atoms with Gasteiger partial charge in [0.1, 0.15) is 6.04 Å². The van der Waals surface area contributed by atoms with E-state index < -0.39 is 48.2 Å². The molecule has 2 aromatic carbocycles. The lowest BCUT2D eigenvalue weighted by Crippen LogP contribution is -2.58. The van der Waals surface area contributed by atoms with E-state index in [-0.39, 0.29) is 42.7 Å². The molecule has 1 fully saturated rings. The first kappa shape index (κ1) is 48.6. The third-order valence-corrected chi connectivity index (χ3v) is 11.4. The van der Waals surface area contributed by atoms with Crippen molar-refractivity contribution in [3.63, 3.8) is 0 Å². The number of fused-ring (bicyclic) bond motifs is 1. The van der Waals surface area contributed by atoms with Gasteiger partial charge in [-0.3, -0.25) is 29.3 Å². The number of aromatic nitrogens is 2. The highest BCUT2D eigenvalue weighted by Gasteiger charge is 2.34. The third-order valence-electron chi connectivity index (χ3n) is 11.2. The van der Waals surface area contributed by atoms with Gasteiger partial charge in [-0.1, -0.05) is 55.1 Å². The molecule has 338 valence electrons. The molecule has 2 aromatic heterocycles. The minimum atomic E-state index is -3.23. The van der Waals surface area contributed by atoms with Gasteiger partial charge in [-0.15, -0.1) is 0 Å². The number of benzene rings is 2. The SMILES string of the molecule is COC(C)c1ncccc1-c1c(CC(C)(C)COC(C)=O)c2cc(-c3cc(CC(NC(=O)C(C(C)C)N(C)C)C(=O)N4CCCCN4)cc(C(F)F)c3)ccc2n1CC(F)(F)P. The molecule has 4 unspecified atom stereocenters. The third kappa shape index (κ3) is 12.0. The van der Waals surface area contributed by atoms with E-state index in [0.29, 0.717) is 63.2 Å². The molecule has 16 heteroatoms. The quantitative estimate of drug-likeness (QED) is 0.0582. The molecular weight excluding hydrogens is 824 g/mol. The summed E-state index contributed by atoms with van der Waals surface area (Å²) >= 11 is 0. The molecule has 1 aliphatic heterocycles. The molecule has 3 heterocycles. The number of hydrogen-bond acceptors (Lipinski definition) is 8. The van der Waals surface area contributed by atoms with Crippen LogP contribution in [0.25, 0.3) is 33.3 Å². The van der Waals surface area contributed by atoms with Crippen LogP contribution in [0.4, 0.5) is 17.6 Å². The van der Waals surface area contributed by atoms with Crippen LogP contribution in [0.3, 0.4) is 0 Å². The molecule has 0 bridgehead atoms. The number of alkyl halides is 4. The van der Waals surface area contributed by atoms with E-state index in [4.69, 9.17) is 9.47 Å². The molecule has 62 heavy (non-hydrogen) atoms. The van der Waals surface area contributed by atoms with E-state index >= 15 is 8.78 Å². The molecule has 11 nitrogen and oxygen atoms in total. The predicted octanol–water partition coefficient (Wildman–Crippen LogP) is 8.36. The lowest BCUT2D eigenvalue weighted by atomic mass is 9.84.